The van der Waals surface area contributed by atoms with Crippen molar-refractivity contribution in [2.45, 2.75) is 13.8 Å². The summed E-state index contributed by atoms with van der Waals surface area (Å²) in [6, 6.07) is 7.99. The summed E-state index contributed by atoms with van der Waals surface area (Å²) in [7, 11) is 1.57. The Labute approximate surface area is 111 Å². The van der Waals surface area contributed by atoms with Crippen LogP contribution in [0.15, 0.2) is 30.3 Å². The molecule has 0 fully saturated rings. The average molecular weight is 258 g/mol. The van der Waals surface area contributed by atoms with Crippen molar-refractivity contribution in [2.75, 3.05) is 7.11 Å². The third kappa shape index (κ3) is 2.50. The molecule has 0 bridgehead atoms. The Morgan fingerprint density at radius 1 is 1.16 bits per heavy atom. The minimum absolute atomic E-state index is 0.373. The van der Waals surface area contributed by atoms with E-state index in [0.29, 0.717) is 16.9 Å². The smallest absolute Gasteiger partial charge is 0.150 e. The zero-order valence-electron chi connectivity index (χ0n) is 11.2. The van der Waals surface area contributed by atoms with Gasteiger partial charge in [0.05, 0.1) is 7.11 Å². The lowest BCUT2D eigenvalue weighted by Crippen LogP contribution is -1.96. The van der Waals surface area contributed by atoms with E-state index < -0.39 is 0 Å². The van der Waals surface area contributed by atoms with Crippen LogP contribution in [0.5, 0.6) is 5.75 Å². The first kappa shape index (κ1) is 13.3. The van der Waals surface area contributed by atoms with Gasteiger partial charge in [0, 0.05) is 11.1 Å². The average Bonchev–Trinajstić information content (AvgIpc) is 2.37. The molecule has 0 atom stereocenters. The van der Waals surface area contributed by atoms with E-state index in [0.717, 1.165) is 23.0 Å². The molecule has 98 valence electrons. The first-order valence-corrected chi connectivity index (χ1v) is 5.97. The fourth-order valence-electron chi connectivity index (χ4n) is 2.28. The van der Waals surface area contributed by atoms with Crippen LogP contribution in [0.4, 0.5) is 4.39 Å². The topological polar surface area (TPSA) is 26.3 Å². The molecule has 3 heteroatoms. The van der Waals surface area contributed by atoms with Gasteiger partial charge in [0.1, 0.15) is 11.6 Å². The number of methoxy groups -OCH3 is 1. The normalized spacial score (nSPS) is 10.3. The number of carbonyl (C=O) groups is 1. The molecule has 0 amide bonds. The second-order valence-electron chi connectivity index (χ2n) is 4.51. The molecule has 19 heavy (non-hydrogen) atoms. The summed E-state index contributed by atoms with van der Waals surface area (Å²) in [6.45, 7) is 3.88. The van der Waals surface area contributed by atoms with Crippen LogP contribution < -0.4 is 4.74 Å². The summed E-state index contributed by atoms with van der Waals surface area (Å²) in [5, 5.41) is 0. The van der Waals surface area contributed by atoms with Crippen molar-refractivity contribution >= 4 is 6.29 Å². The van der Waals surface area contributed by atoms with Gasteiger partial charge in [-0.1, -0.05) is 6.07 Å². The van der Waals surface area contributed by atoms with E-state index in [1.165, 1.54) is 18.2 Å². The van der Waals surface area contributed by atoms with E-state index in [-0.39, 0.29) is 5.82 Å². The maximum Gasteiger partial charge on any atom is 0.150 e. The molecule has 2 nitrogen and oxygen atoms in total. The Kier molecular flexibility index (Phi) is 3.65. The lowest BCUT2D eigenvalue weighted by Gasteiger charge is -2.15. The van der Waals surface area contributed by atoms with Crippen LogP contribution in [-0.4, -0.2) is 13.4 Å². The SMILES string of the molecule is COc1cc(C)cc(C)c1-c1cc(F)ccc1C=O. The van der Waals surface area contributed by atoms with Gasteiger partial charge in [0.25, 0.3) is 0 Å². The highest BCUT2D eigenvalue weighted by Gasteiger charge is 2.14. The van der Waals surface area contributed by atoms with Gasteiger partial charge in [-0.3, -0.25) is 4.79 Å². The molecule has 0 aromatic heterocycles. The summed E-state index contributed by atoms with van der Waals surface area (Å²) < 4.78 is 18.8. The Bertz CT molecular complexity index is 633. The van der Waals surface area contributed by atoms with Crippen LogP contribution >= 0.6 is 0 Å². The monoisotopic (exact) mass is 258 g/mol. The molecule has 0 aliphatic carbocycles. The summed E-state index contributed by atoms with van der Waals surface area (Å²) >= 11 is 0. The van der Waals surface area contributed by atoms with Gasteiger partial charge in [-0.2, -0.15) is 0 Å². The van der Waals surface area contributed by atoms with Gasteiger partial charge in [0.2, 0.25) is 0 Å². The van der Waals surface area contributed by atoms with E-state index in [1.807, 2.05) is 26.0 Å². The summed E-state index contributed by atoms with van der Waals surface area (Å²) in [6.07, 6.45) is 0.730. The number of aryl methyl sites for hydroxylation is 2. The van der Waals surface area contributed by atoms with Crippen molar-refractivity contribution in [2.24, 2.45) is 0 Å². The van der Waals surface area contributed by atoms with Crippen molar-refractivity contribution in [3.8, 4) is 16.9 Å². The second-order valence-corrected chi connectivity index (χ2v) is 4.51. The molecule has 0 N–H and O–H groups in total. The molecule has 2 rings (SSSR count). The molecule has 0 saturated carbocycles. The van der Waals surface area contributed by atoms with Crippen molar-refractivity contribution < 1.29 is 13.9 Å². The number of hydrogen-bond donors (Lipinski definition) is 0. The molecule has 2 aromatic carbocycles. The van der Waals surface area contributed by atoms with Crippen LogP contribution in [0.25, 0.3) is 11.1 Å². The predicted molar refractivity (Wildman–Crippen MR) is 73.2 cm³/mol. The molecule has 0 radical (unpaired) electrons. The maximum atomic E-state index is 13.5. The van der Waals surface area contributed by atoms with Crippen molar-refractivity contribution in [3.05, 3.63) is 52.8 Å². The Morgan fingerprint density at radius 2 is 1.89 bits per heavy atom. The molecular weight excluding hydrogens is 243 g/mol. The van der Waals surface area contributed by atoms with Crippen molar-refractivity contribution in [1.29, 1.82) is 0 Å². The number of rotatable bonds is 3. The number of hydrogen-bond acceptors (Lipinski definition) is 2. The molecule has 0 aliphatic heterocycles. The van der Waals surface area contributed by atoms with Gasteiger partial charge in [0.15, 0.2) is 6.29 Å². The zero-order valence-corrected chi connectivity index (χ0v) is 11.2. The highest BCUT2D eigenvalue weighted by molar-refractivity contribution is 5.90. The summed E-state index contributed by atoms with van der Waals surface area (Å²) in [5.74, 6) is 0.272. The van der Waals surface area contributed by atoms with Crippen molar-refractivity contribution in [1.82, 2.24) is 0 Å². The summed E-state index contributed by atoms with van der Waals surface area (Å²) in [4.78, 5) is 11.1. The standard InChI is InChI=1S/C16H15FO2/c1-10-6-11(2)16(15(7-10)19-3)14-8-13(17)5-4-12(14)9-18/h4-9H,1-3H3. The lowest BCUT2D eigenvalue weighted by atomic mass is 9.94. The molecule has 0 aliphatic rings. The molecule has 2 aromatic rings. The maximum absolute atomic E-state index is 13.5. The van der Waals surface area contributed by atoms with E-state index >= 15 is 0 Å². The number of benzene rings is 2. The first-order chi connectivity index (χ1) is 9.06. The van der Waals surface area contributed by atoms with Crippen LogP contribution in [0.3, 0.4) is 0 Å². The minimum Gasteiger partial charge on any atom is -0.496 e. The number of halogens is 1. The van der Waals surface area contributed by atoms with Crippen LogP contribution in [0.2, 0.25) is 0 Å². The van der Waals surface area contributed by atoms with Crippen LogP contribution in [0, 0.1) is 19.7 Å². The van der Waals surface area contributed by atoms with Gasteiger partial charge < -0.3 is 4.74 Å². The summed E-state index contributed by atoms with van der Waals surface area (Å²) in [5.41, 5.74) is 3.78. The molecule has 0 saturated heterocycles. The first-order valence-electron chi connectivity index (χ1n) is 5.97. The quantitative estimate of drug-likeness (QED) is 0.780. The van der Waals surface area contributed by atoms with Gasteiger partial charge in [-0.15, -0.1) is 0 Å². The van der Waals surface area contributed by atoms with E-state index in [1.54, 1.807) is 7.11 Å². The molecular formula is C16H15FO2. The number of ether oxygens (including phenoxy) is 1. The highest BCUT2D eigenvalue weighted by atomic mass is 19.1. The van der Waals surface area contributed by atoms with Crippen LogP contribution in [0.1, 0.15) is 21.5 Å². The van der Waals surface area contributed by atoms with Gasteiger partial charge in [-0.25, -0.2) is 4.39 Å². The largest absolute Gasteiger partial charge is 0.496 e. The minimum atomic E-state index is -0.373. The molecule has 0 unspecified atom stereocenters. The molecule has 0 spiro atoms. The Balaban J connectivity index is 2.78. The highest BCUT2D eigenvalue weighted by Crippen LogP contribution is 2.36. The predicted octanol–water partition coefficient (Wildman–Crippen LogP) is 3.93. The van der Waals surface area contributed by atoms with Gasteiger partial charge in [-0.05, 0) is 54.8 Å². The fourth-order valence-corrected chi connectivity index (χ4v) is 2.28. The number of aldehydes is 1. The second kappa shape index (κ2) is 5.22. The fraction of sp³-hybridized carbons (Fsp3) is 0.188. The third-order valence-electron chi connectivity index (χ3n) is 3.08. The third-order valence-corrected chi connectivity index (χ3v) is 3.08. The Morgan fingerprint density at radius 3 is 2.53 bits per heavy atom. The van der Waals surface area contributed by atoms with E-state index in [2.05, 4.69) is 0 Å². The van der Waals surface area contributed by atoms with Crippen molar-refractivity contribution in [3.63, 3.8) is 0 Å². The lowest BCUT2D eigenvalue weighted by molar-refractivity contribution is 0.112. The van der Waals surface area contributed by atoms with Gasteiger partial charge >= 0.3 is 0 Å². The Hall–Kier alpha value is -2.16. The van der Waals surface area contributed by atoms with E-state index in [4.69, 9.17) is 4.74 Å². The number of carbonyl (C=O) groups excluding carboxylic acids is 1. The molecule has 0 heterocycles. The van der Waals surface area contributed by atoms with E-state index in [9.17, 15) is 9.18 Å². The zero-order chi connectivity index (χ0) is 14.0. The van der Waals surface area contributed by atoms with Crippen LogP contribution in [-0.2, 0) is 0 Å².